The Morgan fingerprint density at radius 2 is 1.78 bits per heavy atom. The van der Waals surface area contributed by atoms with Gasteiger partial charge in [0.1, 0.15) is 0 Å². The van der Waals surface area contributed by atoms with Crippen molar-refractivity contribution in [2.75, 3.05) is 19.6 Å². The number of benzene rings is 2. The van der Waals surface area contributed by atoms with Crippen LogP contribution in [0.2, 0.25) is 0 Å². The van der Waals surface area contributed by atoms with Crippen LogP contribution in [0, 0.1) is 0 Å². The summed E-state index contributed by atoms with van der Waals surface area (Å²) in [6.07, 6.45) is 9.66. The molecule has 0 spiro atoms. The normalized spacial score (nSPS) is 17.2. The van der Waals surface area contributed by atoms with Gasteiger partial charge in [0.15, 0.2) is 0 Å². The highest BCUT2D eigenvalue weighted by Crippen LogP contribution is 2.36. The standard InChI is InChI=1S/C25H28N2/c1-2-9-22-19(7-1)12-13-21-18-27(16-14-23(21)22)15-6-5-8-20-17-26-25-11-4-3-10-24(20)25/h1-4,7,9-11,17,26H,5-6,8,12-16,18H2. The molecule has 138 valence electrons. The van der Waals surface area contributed by atoms with Crippen molar-refractivity contribution in [3.8, 4) is 0 Å². The summed E-state index contributed by atoms with van der Waals surface area (Å²) in [7, 11) is 0. The van der Waals surface area contributed by atoms with Gasteiger partial charge >= 0.3 is 0 Å². The van der Waals surface area contributed by atoms with Crippen molar-refractivity contribution in [3.05, 3.63) is 77.0 Å². The van der Waals surface area contributed by atoms with E-state index in [0.717, 1.165) is 0 Å². The summed E-state index contributed by atoms with van der Waals surface area (Å²) >= 11 is 0. The minimum absolute atomic E-state index is 1.18. The molecule has 1 aliphatic heterocycles. The summed E-state index contributed by atoms with van der Waals surface area (Å²) in [6.45, 7) is 3.65. The highest BCUT2D eigenvalue weighted by Gasteiger charge is 2.24. The van der Waals surface area contributed by atoms with Crippen molar-refractivity contribution >= 4 is 16.5 Å². The van der Waals surface area contributed by atoms with E-state index in [1.165, 1.54) is 80.2 Å². The van der Waals surface area contributed by atoms with Crippen LogP contribution in [-0.2, 0) is 12.8 Å². The van der Waals surface area contributed by atoms with E-state index in [1.807, 2.05) is 0 Å². The average molecular weight is 357 g/mol. The summed E-state index contributed by atoms with van der Waals surface area (Å²) in [5.74, 6) is 0. The fraction of sp³-hybridized carbons (Fsp3) is 0.360. The first kappa shape index (κ1) is 16.8. The largest absolute Gasteiger partial charge is 0.361 e. The van der Waals surface area contributed by atoms with E-state index in [4.69, 9.17) is 0 Å². The maximum atomic E-state index is 3.40. The molecule has 0 bridgehead atoms. The maximum Gasteiger partial charge on any atom is 0.0456 e. The van der Waals surface area contributed by atoms with Crippen molar-refractivity contribution in [1.82, 2.24) is 9.88 Å². The van der Waals surface area contributed by atoms with Gasteiger partial charge in [-0.2, -0.15) is 0 Å². The molecule has 1 aliphatic carbocycles. The molecule has 27 heavy (non-hydrogen) atoms. The Hall–Kier alpha value is -2.32. The molecule has 1 N–H and O–H groups in total. The maximum absolute atomic E-state index is 3.40. The predicted molar refractivity (Wildman–Crippen MR) is 114 cm³/mol. The lowest BCUT2D eigenvalue weighted by molar-refractivity contribution is 0.283. The molecule has 5 rings (SSSR count). The van der Waals surface area contributed by atoms with Crippen LogP contribution in [0.4, 0.5) is 0 Å². The number of H-pyrrole nitrogens is 1. The van der Waals surface area contributed by atoms with Crippen LogP contribution in [0.3, 0.4) is 0 Å². The molecule has 1 aromatic heterocycles. The quantitative estimate of drug-likeness (QED) is 0.590. The van der Waals surface area contributed by atoms with Crippen molar-refractivity contribution in [2.24, 2.45) is 0 Å². The number of unbranched alkanes of at least 4 members (excludes halogenated alkanes) is 1. The van der Waals surface area contributed by atoms with Gasteiger partial charge in [0.25, 0.3) is 0 Å². The van der Waals surface area contributed by atoms with Crippen LogP contribution < -0.4 is 0 Å². The summed E-state index contributed by atoms with van der Waals surface area (Å²) in [4.78, 5) is 6.08. The Balaban J connectivity index is 1.16. The lowest BCUT2D eigenvalue weighted by Crippen LogP contribution is -2.33. The van der Waals surface area contributed by atoms with Gasteiger partial charge in [0.2, 0.25) is 0 Å². The van der Waals surface area contributed by atoms with Crippen molar-refractivity contribution in [1.29, 1.82) is 0 Å². The average Bonchev–Trinajstić information content (AvgIpc) is 3.14. The van der Waals surface area contributed by atoms with E-state index in [1.54, 1.807) is 16.7 Å². The van der Waals surface area contributed by atoms with Gasteiger partial charge in [-0.3, -0.25) is 4.90 Å². The number of aromatic nitrogens is 1. The van der Waals surface area contributed by atoms with Crippen LogP contribution in [0.25, 0.3) is 16.5 Å². The first-order valence-corrected chi connectivity index (χ1v) is 10.4. The van der Waals surface area contributed by atoms with Gasteiger partial charge in [0, 0.05) is 30.2 Å². The Bertz CT molecular complexity index is 979. The van der Waals surface area contributed by atoms with Crippen LogP contribution >= 0.6 is 0 Å². The Morgan fingerprint density at radius 1 is 0.889 bits per heavy atom. The Labute approximate surface area is 161 Å². The van der Waals surface area contributed by atoms with Gasteiger partial charge in [-0.1, -0.05) is 48.0 Å². The van der Waals surface area contributed by atoms with Crippen LogP contribution in [0.1, 0.15) is 42.4 Å². The smallest absolute Gasteiger partial charge is 0.0456 e. The zero-order valence-corrected chi connectivity index (χ0v) is 16.0. The highest BCUT2D eigenvalue weighted by atomic mass is 15.1. The number of hydrogen-bond donors (Lipinski definition) is 1. The molecule has 3 aromatic rings. The van der Waals surface area contributed by atoms with Crippen LogP contribution in [0.5, 0.6) is 0 Å². The molecule has 2 aliphatic rings. The predicted octanol–water partition coefficient (Wildman–Crippen LogP) is 5.60. The molecule has 2 aromatic carbocycles. The van der Waals surface area contributed by atoms with E-state index in [-0.39, 0.29) is 0 Å². The number of aromatic amines is 1. The third-order valence-electron chi connectivity index (χ3n) is 6.40. The fourth-order valence-corrected chi connectivity index (χ4v) is 4.94. The van der Waals surface area contributed by atoms with E-state index in [2.05, 4.69) is 64.6 Å². The summed E-state index contributed by atoms with van der Waals surface area (Å²) in [6, 6.07) is 17.7. The van der Waals surface area contributed by atoms with E-state index in [0.29, 0.717) is 0 Å². The Kier molecular flexibility index (Phi) is 4.59. The van der Waals surface area contributed by atoms with E-state index < -0.39 is 0 Å². The van der Waals surface area contributed by atoms with Crippen LogP contribution in [-0.4, -0.2) is 29.5 Å². The SMILES string of the molecule is c1ccc2c(c1)CCC1=C2CCN(CCCCc2c[nH]c3ccccc23)C1. The first-order valence-electron chi connectivity index (χ1n) is 10.4. The van der Waals surface area contributed by atoms with E-state index >= 15 is 0 Å². The number of nitrogens with zero attached hydrogens (tertiary/aromatic N) is 1. The zero-order chi connectivity index (χ0) is 18.1. The number of rotatable bonds is 5. The van der Waals surface area contributed by atoms with Crippen LogP contribution in [0.15, 0.2) is 60.3 Å². The second-order valence-corrected chi connectivity index (χ2v) is 8.08. The monoisotopic (exact) mass is 356 g/mol. The first-order chi connectivity index (χ1) is 13.4. The summed E-state index contributed by atoms with van der Waals surface area (Å²) < 4.78 is 0. The third-order valence-corrected chi connectivity index (χ3v) is 6.40. The molecule has 0 unspecified atom stereocenters. The lowest BCUT2D eigenvalue weighted by Gasteiger charge is -2.34. The second-order valence-electron chi connectivity index (χ2n) is 8.08. The van der Waals surface area contributed by atoms with Crippen molar-refractivity contribution in [2.45, 2.75) is 38.5 Å². The number of hydrogen-bond acceptors (Lipinski definition) is 1. The van der Waals surface area contributed by atoms with Gasteiger partial charge in [-0.15, -0.1) is 0 Å². The zero-order valence-electron chi connectivity index (χ0n) is 16.0. The molecule has 2 heteroatoms. The van der Waals surface area contributed by atoms with Crippen molar-refractivity contribution in [3.63, 3.8) is 0 Å². The highest BCUT2D eigenvalue weighted by molar-refractivity contribution is 5.83. The van der Waals surface area contributed by atoms with Gasteiger partial charge in [-0.05, 0) is 73.4 Å². The topological polar surface area (TPSA) is 19.0 Å². The fourth-order valence-electron chi connectivity index (χ4n) is 4.94. The van der Waals surface area contributed by atoms with Gasteiger partial charge in [-0.25, -0.2) is 0 Å². The molecule has 0 atom stereocenters. The lowest BCUT2D eigenvalue weighted by atomic mass is 9.82. The van der Waals surface area contributed by atoms with Crippen molar-refractivity contribution < 1.29 is 0 Å². The number of para-hydroxylation sites is 1. The molecular weight excluding hydrogens is 328 g/mol. The minimum atomic E-state index is 1.18. The number of fused-ring (bicyclic) bond motifs is 3. The van der Waals surface area contributed by atoms with E-state index in [9.17, 15) is 0 Å². The summed E-state index contributed by atoms with van der Waals surface area (Å²) in [5, 5.41) is 1.39. The third kappa shape index (κ3) is 3.35. The second kappa shape index (κ2) is 7.36. The van der Waals surface area contributed by atoms with Gasteiger partial charge < -0.3 is 4.98 Å². The molecule has 2 heterocycles. The molecular formula is C25H28N2. The molecule has 0 fully saturated rings. The molecule has 2 nitrogen and oxygen atoms in total. The number of nitrogens with one attached hydrogen (secondary N) is 1. The molecule has 0 radical (unpaired) electrons. The molecule has 0 saturated carbocycles. The Morgan fingerprint density at radius 3 is 2.78 bits per heavy atom. The minimum Gasteiger partial charge on any atom is -0.361 e. The van der Waals surface area contributed by atoms with Gasteiger partial charge in [0.05, 0.1) is 0 Å². The molecule has 0 saturated heterocycles. The molecule has 0 amide bonds. The number of aryl methyl sites for hydroxylation is 2. The summed E-state index contributed by atoms with van der Waals surface area (Å²) in [5.41, 5.74) is 9.20.